The zero-order chi connectivity index (χ0) is 13.8. The Morgan fingerprint density at radius 1 is 1.47 bits per heavy atom. The molecule has 0 aliphatic carbocycles. The van der Waals surface area contributed by atoms with Crippen molar-refractivity contribution < 1.29 is 4.74 Å². The number of nitrogens with zero attached hydrogens (tertiary/aromatic N) is 2. The summed E-state index contributed by atoms with van der Waals surface area (Å²) in [6, 6.07) is 6.41. The number of imidazole rings is 1. The molecule has 19 heavy (non-hydrogen) atoms. The highest BCUT2D eigenvalue weighted by Gasteiger charge is 2.14. The molecule has 0 amide bonds. The van der Waals surface area contributed by atoms with Gasteiger partial charge in [0.25, 0.3) is 0 Å². The van der Waals surface area contributed by atoms with E-state index in [0.717, 1.165) is 16.6 Å². The van der Waals surface area contributed by atoms with Crippen molar-refractivity contribution in [2.24, 2.45) is 7.05 Å². The van der Waals surface area contributed by atoms with Crippen molar-refractivity contribution >= 4 is 15.9 Å². The fraction of sp³-hybridized carbons (Fsp3) is 0.357. The standard InChI is InChI=1S/C14H18BrN3O/c1-16-12(13-8-17-9-18(13)2)7-10-4-5-14(19-3)11(15)6-10/h4-6,8-9,12,16H,7H2,1-3H3. The SMILES string of the molecule is CNC(Cc1ccc(OC)c(Br)c1)c1cncn1C. The third-order valence-electron chi connectivity index (χ3n) is 3.22. The second-order valence-electron chi connectivity index (χ2n) is 4.44. The van der Waals surface area contributed by atoms with E-state index in [1.807, 2.05) is 37.3 Å². The molecule has 0 aliphatic rings. The van der Waals surface area contributed by atoms with Gasteiger partial charge in [-0.3, -0.25) is 0 Å². The molecular formula is C14H18BrN3O. The van der Waals surface area contributed by atoms with Crippen LogP contribution in [0.15, 0.2) is 35.2 Å². The minimum absolute atomic E-state index is 0.243. The highest BCUT2D eigenvalue weighted by atomic mass is 79.9. The van der Waals surface area contributed by atoms with E-state index in [-0.39, 0.29) is 6.04 Å². The smallest absolute Gasteiger partial charge is 0.133 e. The van der Waals surface area contributed by atoms with Gasteiger partial charge < -0.3 is 14.6 Å². The van der Waals surface area contributed by atoms with Crippen molar-refractivity contribution in [2.75, 3.05) is 14.2 Å². The quantitative estimate of drug-likeness (QED) is 0.919. The van der Waals surface area contributed by atoms with Crippen LogP contribution in [0.5, 0.6) is 5.75 Å². The van der Waals surface area contributed by atoms with Crippen LogP contribution in [-0.4, -0.2) is 23.7 Å². The van der Waals surface area contributed by atoms with Crippen LogP contribution in [0.2, 0.25) is 0 Å². The second-order valence-corrected chi connectivity index (χ2v) is 5.30. The third kappa shape index (κ3) is 3.16. The molecule has 0 radical (unpaired) electrons. The maximum atomic E-state index is 5.25. The van der Waals surface area contributed by atoms with Gasteiger partial charge in [-0.15, -0.1) is 0 Å². The summed E-state index contributed by atoms with van der Waals surface area (Å²) in [5, 5.41) is 3.33. The topological polar surface area (TPSA) is 39.1 Å². The number of hydrogen-bond donors (Lipinski definition) is 1. The summed E-state index contributed by atoms with van der Waals surface area (Å²) in [6.07, 6.45) is 4.63. The van der Waals surface area contributed by atoms with E-state index in [9.17, 15) is 0 Å². The molecular weight excluding hydrogens is 306 g/mol. The molecule has 1 unspecified atom stereocenters. The van der Waals surface area contributed by atoms with Crippen LogP contribution in [0.1, 0.15) is 17.3 Å². The molecule has 4 nitrogen and oxygen atoms in total. The minimum atomic E-state index is 0.243. The maximum Gasteiger partial charge on any atom is 0.133 e. The fourth-order valence-electron chi connectivity index (χ4n) is 2.13. The van der Waals surface area contributed by atoms with Crippen LogP contribution in [0.4, 0.5) is 0 Å². The Kier molecular flexibility index (Phi) is 4.61. The van der Waals surface area contributed by atoms with Crippen molar-refractivity contribution in [3.05, 3.63) is 46.5 Å². The summed E-state index contributed by atoms with van der Waals surface area (Å²) in [6.45, 7) is 0. The lowest BCUT2D eigenvalue weighted by Crippen LogP contribution is -2.21. The lowest BCUT2D eigenvalue weighted by Gasteiger charge is -2.17. The molecule has 2 aromatic rings. The molecule has 5 heteroatoms. The zero-order valence-electron chi connectivity index (χ0n) is 11.4. The molecule has 0 bridgehead atoms. The first kappa shape index (κ1) is 14.1. The van der Waals surface area contributed by atoms with Crippen LogP contribution in [0, 0.1) is 0 Å². The Bertz CT molecular complexity index is 553. The van der Waals surface area contributed by atoms with E-state index in [0.29, 0.717) is 0 Å². The highest BCUT2D eigenvalue weighted by molar-refractivity contribution is 9.10. The first-order valence-corrected chi connectivity index (χ1v) is 6.91. The van der Waals surface area contributed by atoms with Crippen molar-refractivity contribution in [3.8, 4) is 5.75 Å². The molecule has 1 aromatic carbocycles. The average molecular weight is 324 g/mol. The number of benzene rings is 1. The first-order valence-electron chi connectivity index (χ1n) is 6.11. The normalized spacial score (nSPS) is 12.4. The molecule has 2 rings (SSSR count). The highest BCUT2D eigenvalue weighted by Crippen LogP contribution is 2.27. The van der Waals surface area contributed by atoms with Gasteiger partial charge in [0.15, 0.2) is 0 Å². The van der Waals surface area contributed by atoms with Gasteiger partial charge in [-0.1, -0.05) is 6.07 Å². The predicted octanol–water partition coefficient (Wildman–Crippen LogP) is 2.69. The van der Waals surface area contributed by atoms with Crippen LogP contribution >= 0.6 is 15.9 Å². The van der Waals surface area contributed by atoms with Gasteiger partial charge in [0.2, 0.25) is 0 Å². The van der Waals surface area contributed by atoms with Gasteiger partial charge in [0.05, 0.1) is 29.6 Å². The lowest BCUT2D eigenvalue weighted by molar-refractivity contribution is 0.412. The minimum Gasteiger partial charge on any atom is -0.496 e. The Balaban J connectivity index is 2.19. The number of nitrogens with one attached hydrogen (secondary N) is 1. The molecule has 0 saturated heterocycles. The number of ether oxygens (including phenoxy) is 1. The van der Waals surface area contributed by atoms with E-state index < -0.39 is 0 Å². The summed E-state index contributed by atoms with van der Waals surface area (Å²) in [7, 11) is 5.65. The number of hydrogen-bond acceptors (Lipinski definition) is 3. The van der Waals surface area contributed by atoms with Crippen molar-refractivity contribution in [1.29, 1.82) is 0 Å². The summed E-state index contributed by atoms with van der Waals surface area (Å²) in [5.74, 6) is 0.852. The lowest BCUT2D eigenvalue weighted by atomic mass is 10.0. The molecule has 0 saturated carbocycles. The largest absolute Gasteiger partial charge is 0.496 e. The Morgan fingerprint density at radius 2 is 2.26 bits per heavy atom. The van der Waals surface area contributed by atoms with E-state index in [1.54, 1.807) is 7.11 Å². The number of aryl methyl sites for hydroxylation is 1. The number of likely N-dealkylation sites (N-methyl/N-ethyl adjacent to an activating group) is 1. The van der Waals surface area contributed by atoms with E-state index in [4.69, 9.17) is 4.74 Å². The molecule has 1 aromatic heterocycles. The van der Waals surface area contributed by atoms with E-state index >= 15 is 0 Å². The monoisotopic (exact) mass is 323 g/mol. The van der Waals surface area contributed by atoms with Crippen LogP contribution in [0.3, 0.4) is 0 Å². The predicted molar refractivity (Wildman–Crippen MR) is 79.4 cm³/mol. The van der Waals surface area contributed by atoms with Crippen LogP contribution in [-0.2, 0) is 13.5 Å². The molecule has 0 spiro atoms. The van der Waals surface area contributed by atoms with Crippen molar-refractivity contribution in [3.63, 3.8) is 0 Å². The van der Waals surface area contributed by atoms with Gasteiger partial charge in [-0.2, -0.15) is 0 Å². The maximum absolute atomic E-state index is 5.25. The molecule has 102 valence electrons. The van der Waals surface area contributed by atoms with Gasteiger partial charge in [0, 0.05) is 13.2 Å². The third-order valence-corrected chi connectivity index (χ3v) is 3.84. The van der Waals surface area contributed by atoms with Gasteiger partial charge >= 0.3 is 0 Å². The van der Waals surface area contributed by atoms with Crippen LogP contribution in [0.25, 0.3) is 0 Å². The number of aromatic nitrogens is 2. The molecule has 1 atom stereocenters. The number of methoxy groups -OCH3 is 1. The van der Waals surface area contributed by atoms with Crippen molar-refractivity contribution in [2.45, 2.75) is 12.5 Å². The molecule has 0 fully saturated rings. The summed E-state index contributed by atoms with van der Waals surface area (Å²) in [5.41, 5.74) is 2.42. The fourth-order valence-corrected chi connectivity index (χ4v) is 2.72. The zero-order valence-corrected chi connectivity index (χ0v) is 12.9. The Labute approximate surface area is 121 Å². The summed E-state index contributed by atoms with van der Waals surface area (Å²) < 4.78 is 8.27. The summed E-state index contributed by atoms with van der Waals surface area (Å²) in [4.78, 5) is 4.17. The Morgan fingerprint density at radius 3 is 2.79 bits per heavy atom. The molecule has 1 heterocycles. The van der Waals surface area contributed by atoms with E-state index in [1.165, 1.54) is 11.3 Å². The van der Waals surface area contributed by atoms with E-state index in [2.05, 4.69) is 38.4 Å². The van der Waals surface area contributed by atoms with Gasteiger partial charge in [-0.05, 0) is 47.1 Å². The number of rotatable bonds is 5. The summed E-state index contributed by atoms with van der Waals surface area (Å²) >= 11 is 3.52. The molecule has 0 aliphatic heterocycles. The van der Waals surface area contributed by atoms with Crippen LogP contribution < -0.4 is 10.1 Å². The van der Waals surface area contributed by atoms with Gasteiger partial charge in [-0.25, -0.2) is 4.98 Å². The average Bonchev–Trinajstić information content (AvgIpc) is 2.82. The van der Waals surface area contributed by atoms with Gasteiger partial charge in [0.1, 0.15) is 5.75 Å². The number of halogens is 1. The Hall–Kier alpha value is -1.33. The van der Waals surface area contributed by atoms with Crippen molar-refractivity contribution in [1.82, 2.24) is 14.9 Å². The second kappa shape index (κ2) is 6.21. The molecule has 1 N–H and O–H groups in total. The first-order chi connectivity index (χ1) is 9.15.